The fraction of sp³-hybridized carbons (Fsp3) is 0.200. The van der Waals surface area contributed by atoms with Crippen LogP contribution in [0.25, 0.3) is 0 Å². The van der Waals surface area contributed by atoms with Crippen LogP contribution in [0, 0.1) is 24.0 Å². The third-order valence-electron chi connectivity index (χ3n) is 3.40. The second kappa shape index (κ2) is 5.76. The number of benzene rings is 2. The third kappa shape index (κ3) is 2.94. The Kier molecular flexibility index (Phi) is 4.18. The Balaban J connectivity index is 2.51. The summed E-state index contributed by atoms with van der Waals surface area (Å²) in [5.74, 6) is 0. The van der Waals surface area contributed by atoms with Crippen molar-refractivity contribution in [2.75, 3.05) is 11.4 Å². The quantitative estimate of drug-likeness (QED) is 0.640. The number of sulfonamides is 1. The van der Waals surface area contributed by atoms with Crippen LogP contribution in [0.1, 0.15) is 11.1 Å². The molecule has 0 unspecified atom stereocenters. The summed E-state index contributed by atoms with van der Waals surface area (Å²) in [7, 11) is -2.43. The summed E-state index contributed by atoms with van der Waals surface area (Å²) in [6, 6.07) is 10.9. The van der Waals surface area contributed by atoms with Crippen LogP contribution in [0.4, 0.5) is 11.4 Å². The van der Waals surface area contributed by atoms with Gasteiger partial charge in [-0.2, -0.15) is 0 Å². The highest BCUT2D eigenvalue weighted by molar-refractivity contribution is 7.92. The zero-order valence-corrected chi connectivity index (χ0v) is 13.3. The summed E-state index contributed by atoms with van der Waals surface area (Å²) in [5.41, 5.74) is 1.64. The molecular weight excluding hydrogens is 304 g/mol. The van der Waals surface area contributed by atoms with Crippen molar-refractivity contribution in [3.63, 3.8) is 0 Å². The maximum atomic E-state index is 12.6. The van der Waals surface area contributed by atoms with Gasteiger partial charge < -0.3 is 0 Å². The van der Waals surface area contributed by atoms with E-state index in [2.05, 4.69) is 0 Å². The van der Waals surface area contributed by atoms with Crippen molar-refractivity contribution in [1.82, 2.24) is 0 Å². The summed E-state index contributed by atoms with van der Waals surface area (Å²) in [6.45, 7) is 3.43. The van der Waals surface area contributed by atoms with E-state index >= 15 is 0 Å². The standard InChI is InChI=1S/C15H16N2O4S/c1-11-5-4-6-13(9-11)16(3)22(20,21)14-8-7-12(2)15(10-14)17(18)19/h4-10H,1-3H3. The number of hydrogen-bond acceptors (Lipinski definition) is 4. The molecule has 0 atom stereocenters. The highest BCUT2D eigenvalue weighted by Crippen LogP contribution is 2.27. The van der Waals surface area contributed by atoms with Crippen molar-refractivity contribution in [2.45, 2.75) is 18.7 Å². The first kappa shape index (κ1) is 16.0. The van der Waals surface area contributed by atoms with E-state index in [4.69, 9.17) is 0 Å². The number of nitro groups is 1. The van der Waals surface area contributed by atoms with Crippen molar-refractivity contribution < 1.29 is 13.3 Å². The first-order chi connectivity index (χ1) is 10.2. The minimum atomic E-state index is -3.85. The number of anilines is 1. The highest BCUT2D eigenvalue weighted by atomic mass is 32.2. The van der Waals surface area contributed by atoms with Gasteiger partial charge in [0.05, 0.1) is 15.5 Å². The van der Waals surface area contributed by atoms with Gasteiger partial charge in [-0.15, -0.1) is 0 Å². The molecule has 0 bridgehead atoms. The first-order valence-corrected chi connectivity index (χ1v) is 7.98. The van der Waals surface area contributed by atoms with Gasteiger partial charge in [0.2, 0.25) is 0 Å². The Morgan fingerprint density at radius 3 is 2.36 bits per heavy atom. The first-order valence-electron chi connectivity index (χ1n) is 6.54. The summed E-state index contributed by atoms with van der Waals surface area (Å²) in [5, 5.41) is 11.0. The smallest absolute Gasteiger partial charge is 0.269 e. The molecule has 0 saturated carbocycles. The van der Waals surface area contributed by atoms with Crippen molar-refractivity contribution in [3.8, 4) is 0 Å². The number of hydrogen-bond donors (Lipinski definition) is 0. The molecule has 0 saturated heterocycles. The molecule has 2 rings (SSSR count). The van der Waals surface area contributed by atoms with Gasteiger partial charge in [-0.1, -0.05) is 18.2 Å². The van der Waals surface area contributed by atoms with Crippen LogP contribution in [-0.2, 0) is 10.0 Å². The van der Waals surface area contributed by atoms with Crippen molar-refractivity contribution >= 4 is 21.4 Å². The molecular formula is C15H16N2O4S. The van der Waals surface area contributed by atoms with E-state index in [9.17, 15) is 18.5 Å². The van der Waals surface area contributed by atoms with E-state index in [0.29, 0.717) is 11.3 Å². The summed E-state index contributed by atoms with van der Waals surface area (Å²) in [4.78, 5) is 10.3. The maximum Gasteiger partial charge on any atom is 0.273 e. The van der Waals surface area contributed by atoms with Crippen LogP contribution < -0.4 is 4.31 Å². The minimum Gasteiger partial charge on any atom is -0.269 e. The maximum absolute atomic E-state index is 12.6. The van der Waals surface area contributed by atoms with Crippen LogP contribution >= 0.6 is 0 Å². The molecule has 0 fully saturated rings. The predicted molar refractivity (Wildman–Crippen MR) is 84.6 cm³/mol. The van der Waals surface area contributed by atoms with Crippen molar-refractivity contribution in [3.05, 3.63) is 63.7 Å². The third-order valence-corrected chi connectivity index (χ3v) is 5.18. The van der Waals surface area contributed by atoms with Gasteiger partial charge in [0.1, 0.15) is 0 Å². The lowest BCUT2D eigenvalue weighted by Gasteiger charge is -2.20. The van der Waals surface area contributed by atoms with Gasteiger partial charge in [0.25, 0.3) is 15.7 Å². The zero-order valence-electron chi connectivity index (χ0n) is 12.5. The molecule has 116 valence electrons. The number of nitrogens with zero attached hydrogens (tertiary/aromatic N) is 2. The molecule has 0 amide bonds. The Hall–Kier alpha value is -2.41. The van der Waals surface area contributed by atoms with Gasteiger partial charge in [0, 0.05) is 18.7 Å². The number of nitro benzene ring substituents is 1. The number of aryl methyl sites for hydroxylation is 2. The molecule has 0 heterocycles. The molecule has 2 aromatic carbocycles. The number of rotatable bonds is 4. The van der Waals surface area contributed by atoms with Crippen molar-refractivity contribution in [1.29, 1.82) is 0 Å². The lowest BCUT2D eigenvalue weighted by Crippen LogP contribution is -2.26. The summed E-state index contributed by atoms with van der Waals surface area (Å²) in [6.07, 6.45) is 0. The Morgan fingerprint density at radius 2 is 1.77 bits per heavy atom. The Labute approximate surface area is 129 Å². The molecule has 7 heteroatoms. The molecule has 2 aromatic rings. The largest absolute Gasteiger partial charge is 0.273 e. The Bertz CT molecular complexity index is 831. The second-order valence-electron chi connectivity index (χ2n) is 5.02. The SMILES string of the molecule is Cc1cccc(N(C)S(=O)(=O)c2ccc(C)c([N+](=O)[O-])c2)c1. The van der Waals surface area contributed by atoms with E-state index < -0.39 is 14.9 Å². The molecule has 0 aromatic heterocycles. The fourth-order valence-corrected chi connectivity index (χ4v) is 3.27. The zero-order chi connectivity index (χ0) is 16.5. The van der Waals surface area contributed by atoms with Gasteiger partial charge in [-0.25, -0.2) is 8.42 Å². The normalized spacial score (nSPS) is 11.2. The second-order valence-corrected chi connectivity index (χ2v) is 6.99. The molecule has 0 aliphatic heterocycles. The van der Waals surface area contributed by atoms with Crippen LogP contribution in [0.5, 0.6) is 0 Å². The van der Waals surface area contributed by atoms with Gasteiger partial charge in [-0.3, -0.25) is 14.4 Å². The van der Waals surface area contributed by atoms with Crippen LogP contribution in [0.15, 0.2) is 47.4 Å². The minimum absolute atomic E-state index is 0.103. The highest BCUT2D eigenvalue weighted by Gasteiger charge is 2.24. The fourth-order valence-electron chi connectivity index (χ4n) is 2.07. The van der Waals surface area contributed by atoms with E-state index in [1.165, 1.54) is 19.2 Å². The topological polar surface area (TPSA) is 80.5 Å². The average Bonchev–Trinajstić information content (AvgIpc) is 2.46. The van der Waals surface area contributed by atoms with Gasteiger partial charge in [0.15, 0.2) is 0 Å². The van der Waals surface area contributed by atoms with E-state index in [-0.39, 0.29) is 10.6 Å². The van der Waals surface area contributed by atoms with Gasteiger partial charge >= 0.3 is 0 Å². The summed E-state index contributed by atoms with van der Waals surface area (Å²) < 4.78 is 26.4. The lowest BCUT2D eigenvalue weighted by atomic mass is 10.2. The predicted octanol–water partition coefficient (Wildman–Crippen LogP) is 3.04. The van der Waals surface area contributed by atoms with Crippen LogP contribution in [0.2, 0.25) is 0 Å². The lowest BCUT2D eigenvalue weighted by molar-refractivity contribution is -0.385. The molecule has 0 aliphatic rings. The molecule has 0 N–H and O–H groups in total. The molecule has 0 spiro atoms. The molecule has 0 aliphatic carbocycles. The van der Waals surface area contributed by atoms with Crippen LogP contribution in [0.3, 0.4) is 0 Å². The molecule has 0 radical (unpaired) electrons. The molecule has 22 heavy (non-hydrogen) atoms. The van der Waals surface area contributed by atoms with Gasteiger partial charge in [-0.05, 0) is 37.6 Å². The monoisotopic (exact) mass is 320 g/mol. The van der Waals surface area contributed by atoms with E-state index in [0.717, 1.165) is 15.9 Å². The van der Waals surface area contributed by atoms with E-state index in [1.807, 2.05) is 13.0 Å². The van der Waals surface area contributed by atoms with E-state index in [1.54, 1.807) is 25.1 Å². The van der Waals surface area contributed by atoms with Crippen LogP contribution in [-0.4, -0.2) is 20.4 Å². The molecule has 6 nitrogen and oxygen atoms in total. The Morgan fingerprint density at radius 1 is 1.09 bits per heavy atom. The van der Waals surface area contributed by atoms with Crippen molar-refractivity contribution in [2.24, 2.45) is 0 Å². The average molecular weight is 320 g/mol. The summed E-state index contributed by atoms with van der Waals surface area (Å²) >= 11 is 0.